The van der Waals surface area contributed by atoms with Crippen molar-refractivity contribution in [1.82, 2.24) is 9.80 Å². The van der Waals surface area contributed by atoms with Crippen molar-refractivity contribution in [1.29, 1.82) is 0 Å². The van der Waals surface area contributed by atoms with Gasteiger partial charge in [-0.3, -0.25) is 14.4 Å². The number of hydrogen-bond donors (Lipinski definition) is 0. The number of carbonyl (C=O) groups is 3. The fourth-order valence-electron chi connectivity index (χ4n) is 3.48. The van der Waals surface area contributed by atoms with Crippen LogP contribution < -0.4 is 9.64 Å². The van der Waals surface area contributed by atoms with Crippen LogP contribution in [0.5, 0.6) is 5.75 Å². The zero-order valence-electron chi connectivity index (χ0n) is 14.9. The first-order valence-corrected chi connectivity index (χ1v) is 8.96. The Hall–Kier alpha value is -2.28. The summed E-state index contributed by atoms with van der Waals surface area (Å²) in [6, 6.07) is 5.08. The predicted octanol–water partition coefficient (Wildman–Crippen LogP) is 1.39. The Morgan fingerprint density at radius 1 is 1.15 bits per heavy atom. The molecule has 7 nitrogen and oxygen atoms in total. The van der Waals surface area contributed by atoms with E-state index in [1.54, 1.807) is 32.9 Å². The van der Waals surface area contributed by atoms with Crippen LogP contribution in [0.3, 0.4) is 0 Å². The number of benzene rings is 1. The molecule has 0 spiro atoms. The highest BCUT2D eigenvalue weighted by Gasteiger charge is 2.39. The van der Waals surface area contributed by atoms with Crippen molar-refractivity contribution < 1.29 is 19.1 Å². The SMILES string of the molecule is COc1ccc(Cl)cc1N1C[C@@H](C(=O)N2CCN(C(C)=O)CC2)CC1=O. The quantitative estimate of drug-likeness (QED) is 0.795. The van der Waals surface area contributed by atoms with Gasteiger partial charge in [0.2, 0.25) is 17.7 Å². The molecule has 26 heavy (non-hydrogen) atoms. The van der Waals surface area contributed by atoms with Crippen LogP contribution in [0, 0.1) is 5.92 Å². The molecule has 0 unspecified atom stereocenters. The number of halogens is 1. The minimum atomic E-state index is -0.393. The summed E-state index contributed by atoms with van der Waals surface area (Å²) < 4.78 is 5.32. The van der Waals surface area contributed by atoms with Gasteiger partial charge in [-0.2, -0.15) is 0 Å². The minimum Gasteiger partial charge on any atom is -0.495 e. The molecule has 1 aromatic rings. The molecule has 0 radical (unpaired) electrons. The normalized spacial score (nSPS) is 20.5. The number of piperazine rings is 1. The van der Waals surface area contributed by atoms with E-state index in [2.05, 4.69) is 0 Å². The zero-order valence-corrected chi connectivity index (χ0v) is 15.7. The lowest BCUT2D eigenvalue weighted by Crippen LogP contribution is -2.51. The van der Waals surface area contributed by atoms with E-state index < -0.39 is 5.92 Å². The first-order valence-electron chi connectivity index (χ1n) is 8.59. The van der Waals surface area contributed by atoms with Crippen LogP contribution in [0.25, 0.3) is 0 Å². The molecule has 1 aromatic carbocycles. The Morgan fingerprint density at radius 3 is 2.42 bits per heavy atom. The summed E-state index contributed by atoms with van der Waals surface area (Å²) in [6.07, 6.45) is 0.168. The topological polar surface area (TPSA) is 70.2 Å². The second kappa shape index (κ2) is 7.53. The highest BCUT2D eigenvalue weighted by atomic mass is 35.5. The Morgan fingerprint density at radius 2 is 1.81 bits per heavy atom. The molecule has 8 heteroatoms. The van der Waals surface area contributed by atoms with E-state index in [4.69, 9.17) is 16.3 Å². The summed E-state index contributed by atoms with van der Waals surface area (Å²) in [7, 11) is 1.53. The lowest BCUT2D eigenvalue weighted by atomic mass is 10.1. The Kier molecular flexibility index (Phi) is 5.36. The van der Waals surface area contributed by atoms with Gasteiger partial charge < -0.3 is 19.4 Å². The smallest absolute Gasteiger partial charge is 0.228 e. The largest absolute Gasteiger partial charge is 0.495 e. The van der Waals surface area contributed by atoms with Gasteiger partial charge in [0, 0.05) is 51.1 Å². The average molecular weight is 380 g/mol. The summed E-state index contributed by atoms with van der Waals surface area (Å²) in [6.45, 7) is 3.92. The van der Waals surface area contributed by atoms with Crippen LogP contribution in [-0.4, -0.2) is 67.4 Å². The number of rotatable bonds is 3. The molecule has 0 aliphatic carbocycles. The molecule has 0 bridgehead atoms. The third-order valence-corrected chi connectivity index (χ3v) is 5.18. The number of nitrogens with zero attached hydrogens (tertiary/aromatic N) is 3. The summed E-state index contributed by atoms with van der Waals surface area (Å²) in [4.78, 5) is 41.8. The molecule has 140 valence electrons. The standard InChI is InChI=1S/C18H22ClN3O4/c1-12(23)20-5-7-21(8-6-20)18(25)13-9-17(24)22(11-13)15-10-14(19)3-4-16(15)26-2/h3-4,10,13H,5-9,11H2,1-2H3/t13-/m0/s1. The van der Waals surface area contributed by atoms with Crippen molar-refractivity contribution >= 4 is 35.0 Å². The Balaban J connectivity index is 1.69. The Bertz CT molecular complexity index is 731. The van der Waals surface area contributed by atoms with Crippen LogP contribution in [0.4, 0.5) is 5.69 Å². The molecule has 2 fully saturated rings. The molecule has 3 amide bonds. The van der Waals surface area contributed by atoms with Gasteiger partial charge in [-0.25, -0.2) is 0 Å². The highest BCUT2D eigenvalue weighted by Crippen LogP contribution is 2.35. The monoisotopic (exact) mass is 379 g/mol. The van der Waals surface area contributed by atoms with Gasteiger partial charge in [0.25, 0.3) is 0 Å². The number of amides is 3. The van der Waals surface area contributed by atoms with Crippen LogP contribution in [0.15, 0.2) is 18.2 Å². The van der Waals surface area contributed by atoms with Gasteiger partial charge >= 0.3 is 0 Å². The summed E-state index contributed by atoms with van der Waals surface area (Å²) in [5.41, 5.74) is 0.585. The molecular weight excluding hydrogens is 358 g/mol. The average Bonchev–Trinajstić information content (AvgIpc) is 3.02. The maximum absolute atomic E-state index is 12.8. The van der Waals surface area contributed by atoms with Crippen molar-refractivity contribution in [3.8, 4) is 5.75 Å². The maximum atomic E-state index is 12.8. The van der Waals surface area contributed by atoms with E-state index in [0.717, 1.165) is 0 Å². The number of hydrogen-bond acceptors (Lipinski definition) is 4. The lowest BCUT2D eigenvalue weighted by molar-refractivity contribution is -0.141. The van der Waals surface area contributed by atoms with Gasteiger partial charge in [-0.1, -0.05) is 11.6 Å². The van der Waals surface area contributed by atoms with Gasteiger partial charge in [0.15, 0.2) is 0 Å². The molecule has 2 aliphatic rings. The number of methoxy groups -OCH3 is 1. The van der Waals surface area contributed by atoms with E-state index in [0.29, 0.717) is 49.2 Å². The van der Waals surface area contributed by atoms with E-state index in [1.807, 2.05) is 0 Å². The molecule has 2 saturated heterocycles. The molecule has 2 aliphatic heterocycles. The molecule has 0 aromatic heterocycles. The van der Waals surface area contributed by atoms with Crippen molar-refractivity contribution in [2.24, 2.45) is 5.92 Å². The number of ether oxygens (including phenoxy) is 1. The van der Waals surface area contributed by atoms with Gasteiger partial charge in [0.05, 0.1) is 18.7 Å². The zero-order chi connectivity index (χ0) is 18.8. The molecule has 0 N–H and O–H groups in total. The van der Waals surface area contributed by atoms with Crippen LogP contribution >= 0.6 is 11.6 Å². The Labute approximate surface area is 157 Å². The van der Waals surface area contributed by atoms with Crippen molar-refractivity contribution in [2.45, 2.75) is 13.3 Å². The van der Waals surface area contributed by atoms with E-state index in [9.17, 15) is 14.4 Å². The van der Waals surface area contributed by atoms with E-state index in [-0.39, 0.29) is 24.1 Å². The first-order chi connectivity index (χ1) is 12.4. The van der Waals surface area contributed by atoms with Gasteiger partial charge in [-0.15, -0.1) is 0 Å². The maximum Gasteiger partial charge on any atom is 0.228 e. The third kappa shape index (κ3) is 3.62. The summed E-state index contributed by atoms with van der Waals surface area (Å²) in [5, 5.41) is 0.503. The summed E-state index contributed by atoms with van der Waals surface area (Å²) in [5.74, 6) is 0.0182. The third-order valence-electron chi connectivity index (χ3n) is 4.94. The minimum absolute atomic E-state index is 0.0207. The second-order valence-corrected chi connectivity index (χ2v) is 6.99. The van der Waals surface area contributed by atoms with E-state index in [1.165, 1.54) is 14.0 Å². The fraction of sp³-hybridized carbons (Fsp3) is 0.500. The molecule has 2 heterocycles. The number of carbonyl (C=O) groups excluding carboxylic acids is 3. The summed E-state index contributed by atoms with van der Waals surface area (Å²) >= 11 is 6.06. The molecular formula is C18H22ClN3O4. The highest BCUT2D eigenvalue weighted by molar-refractivity contribution is 6.31. The number of anilines is 1. The lowest BCUT2D eigenvalue weighted by Gasteiger charge is -2.35. The predicted molar refractivity (Wildman–Crippen MR) is 97.3 cm³/mol. The first kappa shape index (κ1) is 18.5. The van der Waals surface area contributed by atoms with Gasteiger partial charge in [0.1, 0.15) is 5.75 Å². The fourth-order valence-corrected chi connectivity index (χ4v) is 3.65. The second-order valence-electron chi connectivity index (χ2n) is 6.55. The molecule has 0 saturated carbocycles. The molecule has 3 rings (SSSR count). The molecule has 1 atom stereocenters. The van der Waals surface area contributed by atoms with Crippen molar-refractivity contribution in [3.63, 3.8) is 0 Å². The van der Waals surface area contributed by atoms with E-state index >= 15 is 0 Å². The van der Waals surface area contributed by atoms with Crippen LogP contribution in [0.1, 0.15) is 13.3 Å². The van der Waals surface area contributed by atoms with Crippen LogP contribution in [-0.2, 0) is 14.4 Å². The van der Waals surface area contributed by atoms with Crippen LogP contribution in [0.2, 0.25) is 5.02 Å². The van der Waals surface area contributed by atoms with Gasteiger partial charge in [-0.05, 0) is 18.2 Å². The van der Waals surface area contributed by atoms with Crippen molar-refractivity contribution in [3.05, 3.63) is 23.2 Å². The van der Waals surface area contributed by atoms with Crippen molar-refractivity contribution in [2.75, 3.05) is 44.7 Å².